The van der Waals surface area contributed by atoms with Crippen LogP contribution in [-0.2, 0) is 9.84 Å². The van der Waals surface area contributed by atoms with Crippen LogP contribution in [0.2, 0.25) is 0 Å². The van der Waals surface area contributed by atoms with Gasteiger partial charge in [0.25, 0.3) is 9.84 Å². The van der Waals surface area contributed by atoms with E-state index in [4.69, 9.17) is 5.73 Å². The first-order valence-electron chi connectivity index (χ1n) is 5.40. The highest BCUT2D eigenvalue weighted by molar-refractivity contribution is 7.92. The molecule has 112 valence electrons. The second-order valence-corrected chi connectivity index (χ2v) is 5.59. The lowest BCUT2D eigenvalue weighted by Gasteiger charge is -2.13. The average Bonchev–Trinajstić information content (AvgIpc) is 2.34. The molecule has 20 heavy (non-hydrogen) atoms. The van der Waals surface area contributed by atoms with Gasteiger partial charge >= 0.3 is 5.51 Å². The normalized spacial score (nSPS) is 12.8. The minimum Gasteiger partial charge on any atom is -0.381 e. The Balaban J connectivity index is 3.18. The highest BCUT2D eigenvalue weighted by Crippen LogP contribution is 2.34. The molecule has 0 amide bonds. The van der Waals surface area contributed by atoms with Crippen molar-refractivity contribution in [2.45, 2.75) is 10.4 Å². The van der Waals surface area contributed by atoms with E-state index in [9.17, 15) is 26.0 Å². The Morgan fingerprint density at radius 1 is 1.25 bits per heavy atom. The van der Waals surface area contributed by atoms with E-state index in [-0.39, 0.29) is 18.8 Å². The molecule has 0 aliphatic rings. The van der Waals surface area contributed by atoms with E-state index in [0.717, 1.165) is 12.1 Å². The molecule has 0 aliphatic heterocycles. The smallest absolute Gasteiger partial charge is 0.381 e. The van der Waals surface area contributed by atoms with Crippen LogP contribution in [0.5, 0.6) is 0 Å². The Hall–Kier alpha value is -1.61. The minimum atomic E-state index is -5.62. The van der Waals surface area contributed by atoms with Crippen LogP contribution in [-0.4, -0.2) is 27.0 Å². The van der Waals surface area contributed by atoms with Gasteiger partial charge in [-0.2, -0.15) is 13.2 Å². The molecule has 0 saturated carbocycles. The van der Waals surface area contributed by atoms with Gasteiger partial charge in [0.15, 0.2) is 0 Å². The minimum absolute atomic E-state index is 0.0587. The molecule has 0 atom stereocenters. The van der Waals surface area contributed by atoms with E-state index in [1.165, 1.54) is 12.2 Å². The lowest BCUT2D eigenvalue weighted by atomic mass is 10.3. The van der Waals surface area contributed by atoms with Crippen LogP contribution in [0.4, 0.5) is 23.2 Å². The summed E-state index contributed by atoms with van der Waals surface area (Å²) in [6, 6.07) is 2.13. The first kappa shape index (κ1) is 16.4. The molecule has 0 bridgehead atoms. The molecule has 3 N–H and O–H groups in total. The maximum atomic E-state index is 13.0. The average molecular weight is 312 g/mol. The van der Waals surface area contributed by atoms with Crippen molar-refractivity contribution in [2.75, 3.05) is 18.4 Å². The van der Waals surface area contributed by atoms with Crippen molar-refractivity contribution in [1.82, 2.24) is 0 Å². The van der Waals surface area contributed by atoms with Crippen LogP contribution in [0.1, 0.15) is 0 Å². The largest absolute Gasteiger partial charge is 0.501 e. The van der Waals surface area contributed by atoms with Gasteiger partial charge in [-0.3, -0.25) is 0 Å². The molecule has 4 nitrogen and oxygen atoms in total. The van der Waals surface area contributed by atoms with Crippen molar-refractivity contribution in [3.8, 4) is 0 Å². The third-order valence-corrected chi connectivity index (χ3v) is 3.78. The maximum Gasteiger partial charge on any atom is 0.501 e. The lowest BCUT2D eigenvalue weighted by molar-refractivity contribution is -0.0435. The summed E-state index contributed by atoms with van der Waals surface area (Å²) in [7, 11) is -5.62. The zero-order chi connectivity index (χ0) is 15.4. The van der Waals surface area contributed by atoms with E-state index in [1.807, 2.05) is 0 Å². The Morgan fingerprint density at radius 3 is 2.45 bits per heavy atom. The molecule has 0 saturated heterocycles. The number of hydrogen-bond donors (Lipinski definition) is 2. The molecule has 9 heteroatoms. The number of hydrogen-bond acceptors (Lipinski definition) is 4. The Bertz CT molecular complexity index is 597. The number of alkyl halides is 3. The van der Waals surface area contributed by atoms with Gasteiger partial charge in [0.05, 0.1) is 5.69 Å². The summed E-state index contributed by atoms with van der Waals surface area (Å²) in [6.07, 6.45) is 3.04. The fraction of sp³-hybridized carbons (Fsp3) is 0.273. The summed E-state index contributed by atoms with van der Waals surface area (Å²) in [5.41, 5.74) is -0.649. The van der Waals surface area contributed by atoms with Crippen molar-refractivity contribution in [2.24, 2.45) is 5.73 Å². The highest BCUT2D eigenvalue weighted by Gasteiger charge is 2.48. The predicted molar refractivity (Wildman–Crippen MR) is 66.3 cm³/mol. The van der Waals surface area contributed by atoms with Gasteiger partial charge in [-0.25, -0.2) is 12.8 Å². The summed E-state index contributed by atoms with van der Waals surface area (Å²) >= 11 is 0. The molecule has 0 spiro atoms. The molecule has 1 aromatic carbocycles. The van der Waals surface area contributed by atoms with Crippen LogP contribution < -0.4 is 11.1 Å². The zero-order valence-corrected chi connectivity index (χ0v) is 10.9. The Morgan fingerprint density at radius 2 is 1.90 bits per heavy atom. The summed E-state index contributed by atoms with van der Waals surface area (Å²) < 4.78 is 73.2. The van der Waals surface area contributed by atoms with Crippen LogP contribution in [0.3, 0.4) is 0 Å². The van der Waals surface area contributed by atoms with Gasteiger partial charge in [-0.15, -0.1) is 0 Å². The standard InChI is InChI=1S/C11H12F4N2O2S/c12-8-3-4-9(17-6-2-1-5-16)10(7-8)20(18,19)11(13,14)15/h1-4,7,17H,5-6,16H2/b2-1+. The second-order valence-electron chi connectivity index (χ2n) is 3.68. The van der Waals surface area contributed by atoms with E-state index >= 15 is 0 Å². The predicted octanol–water partition coefficient (Wildman–Crippen LogP) is 2.05. The van der Waals surface area contributed by atoms with Gasteiger partial charge in [0.2, 0.25) is 0 Å². The molecule has 0 aromatic heterocycles. The van der Waals surface area contributed by atoms with Gasteiger partial charge in [-0.05, 0) is 18.2 Å². The fourth-order valence-electron chi connectivity index (χ4n) is 1.34. The van der Waals surface area contributed by atoms with Crippen molar-refractivity contribution in [1.29, 1.82) is 0 Å². The van der Waals surface area contributed by atoms with Crippen LogP contribution in [0.15, 0.2) is 35.2 Å². The highest BCUT2D eigenvalue weighted by atomic mass is 32.2. The van der Waals surface area contributed by atoms with Crippen LogP contribution in [0, 0.1) is 5.82 Å². The SMILES string of the molecule is NC/C=C/CNc1ccc(F)cc1S(=O)(=O)C(F)(F)F. The maximum absolute atomic E-state index is 13.0. The Kier molecular flexibility index (Phi) is 5.12. The number of nitrogens with two attached hydrogens (primary N) is 1. The van der Waals surface area contributed by atoms with Gasteiger partial charge < -0.3 is 11.1 Å². The molecular weight excluding hydrogens is 300 g/mol. The lowest BCUT2D eigenvalue weighted by Crippen LogP contribution is -2.24. The van der Waals surface area contributed by atoms with Crippen molar-refractivity contribution in [3.05, 3.63) is 36.2 Å². The molecule has 1 aromatic rings. The monoisotopic (exact) mass is 312 g/mol. The third-order valence-electron chi connectivity index (χ3n) is 2.25. The molecule has 1 rings (SSSR count). The van der Waals surface area contributed by atoms with Gasteiger partial charge in [0, 0.05) is 13.1 Å². The summed E-state index contributed by atoms with van der Waals surface area (Å²) in [5, 5.41) is 2.47. The quantitative estimate of drug-likeness (QED) is 0.645. The summed E-state index contributed by atoms with van der Waals surface area (Å²) in [4.78, 5) is -1.15. The van der Waals surface area contributed by atoms with E-state index in [2.05, 4.69) is 5.32 Å². The van der Waals surface area contributed by atoms with Gasteiger partial charge in [0.1, 0.15) is 10.7 Å². The van der Waals surface area contributed by atoms with Gasteiger partial charge in [-0.1, -0.05) is 12.2 Å². The first-order chi connectivity index (χ1) is 9.20. The molecule has 0 fully saturated rings. The van der Waals surface area contributed by atoms with Crippen molar-refractivity contribution < 1.29 is 26.0 Å². The fourth-order valence-corrected chi connectivity index (χ4v) is 2.28. The first-order valence-corrected chi connectivity index (χ1v) is 6.88. The zero-order valence-electron chi connectivity index (χ0n) is 10.1. The topological polar surface area (TPSA) is 72.2 Å². The second kappa shape index (κ2) is 6.23. The van der Waals surface area contributed by atoms with Crippen molar-refractivity contribution >= 4 is 15.5 Å². The Labute approximate surface area is 113 Å². The molecule has 0 radical (unpaired) electrons. The molecule has 0 aliphatic carbocycles. The van der Waals surface area contributed by atoms with E-state index < -0.39 is 26.1 Å². The number of nitrogens with one attached hydrogen (secondary N) is 1. The molecular formula is C11H12F4N2O2S. The number of benzene rings is 1. The van der Waals surface area contributed by atoms with Crippen LogP contribution in [0.25, 0.3) is 0 Å². The molecule has 0 heterocycles. The number of halogens is 4. The number of sulfone groups is 1. The molecule has 0 unspecified atom stereocenters. The third kappa shape index (κ3) is 3.70. The van der Waals surface area contributed by atoms with E-state index in [1.54, 1.807) is 0 Å². The number of rotatable bonds is 5. The summed E-state index contributed by atoms with van der Waals surface area (Å²) in [6.45, 7) is 0.294. The number of anilines is 1. The van der Waals surface area contributed by atoms with E-state index in [0.29, 0.717) is 6.07 Å². The van der Waals surface area contributed by atoms with Crippen LogP contribution >= 0.6 is 0 Å². The summed E-state index contributed by atoms with van der Waals surface area (Å²) in [5.74, 6) is -1.07. The van der Waals surface area contributed by atoms with Crippen molar-refractivity contribution in [3.63, 3.8) is 0 Å².